The highest BCUT2D eigenvalue weighted by molar-refractivity contribution is 6.03. The Hall–Kier alpha value is -3.68. The number of carbonyl (C=O) groups excluding carboxylic acids is 2. The molecule has 2 aromatic heterocycles. The molecule has 3 aromatic rings. The van der Waals surface area contributed by atoms with Crippen LogP contribution in [0.5, 0.6) is 0 Å². The zero-order valence-electron chi connectivity index (χ0n) is 21.7. The highest BCUT2D eigenvalue weighted by Gasteiger charge is 2.35. The molecule has 0 saturated heterocycles. The van der Waals surface area contributed by atoms with E-state index in [0.717, 1.165) is 40.3 Å². The van der Waals surface area contributed by atoms with Gasteiger partial charge in [0.1, 0.15) is 11.8 Å². The number of benzene rings is 1. The highest BCUT2D eigenvalue weighted by Crippen LogP contribution is 2.33. The molecule has 0 N–H and O–H groups in total. The monoisotopic (exact) mass is 490 g/mol. The Labute approximate surface area is 211 Å². The Morgan fingerprint density at radius 3 is 2.56 bits per heavy atom. The molecule has 0 spiro atoms. The maximum absolute atomic E-state index is 13.1. The molecular weight excluding hydrogens is 456 g/mol. The molecule has 0 saturated carbocycles. The summed E-state index contributed by atoms with van der Waals surface area (Å²) in [6, 6.07) is 11.3. The lowest BCUT2D eigenvalue weighted by Gasteiger charge is -2.19. The van der Waals surface area contributed by atoms with Crippen LogP contribution in [0.1, 0.15) is 66.6 Å². The van der Waals surface area contributed by atoms with E-state index in [-0.39, 0.29) is 25.0 Å². The van der Waals surface area contributed by atoms with Crippen molar-refractivity contribution in [3.05, 3.63) is 76.5 Å². The van der Waals surface area contributed by atoms with Gasteiger partial charge in [-0.15, -0.1) is 0 Å². The molecule has 1 atom stereocenters. The second-order valence-electron chi connectivity index (χ2n) is 9.77. The van der Waals surface area contributed by atoms with E-state index in [0.29, 0.717) is 24.5 Å². The van der Waals surface area contributed by atoms with Crippen LogP contribution in [0.2, 0.25) is 0 Å². The molecule has 0 radical (unpaired) electrons. The van der Waals surface area contributed by atoms with E-state index in [1.165, 1.54) is 5.01 Å². The lowest BCUT2D eigenvalue weighted by atomic mass is 10.0. The summed E-state index contributed by atoms with van der Waals surface area (Å²) in [5, 5.41) is 10.6. The number of nitrogens with zero attached hydrogens (tertiary/aromatic N) is 4. The molecule has 8 heteroatoms. The number of furan rings is 1. The molecule has 1 aliphatic rings. The van der Waals surface area contributed by atoms with Gasteiger partial charge in [0.15, 0.2) is 6.61 Å². The summed E-state index contributed by atoms with van der Waals surface area (Å²) < 4.78 is 12.9. The van der Waals surface area contributed by atoms with Gasteiger partial charge < -0.3 is 9.15 Å². The van der Waals surface area contributed by atoms with Crippen LogP contribution < -0.4 is 0 Å². The molecule has 0 aliphatic carbocycles. The van der Waals surface area contributed by atoms with Gasteiger partial charge in [0.05, 0.1) is 17.7 Å². The number of carbonyl (C=O) groups is 2. The number of aromatic nitrogens is 2. The summed E-state index contributed by atoms with van der Waals surface area (Å²) >= 11 is 0. The molecule has 1 amide bonds. The van der Waals surface area contributed by atoms with Crippen LogP contribution in [0, 0.1) is 26.7 Å². The maximum atomic E-state index is 13.1. The first kappa shape index (κ1) is 25.4. The number of ether oxygens (including phenoxy) is 1. The van der Waals surface area contributed by atoms with Crippen LogP contribution in [0.15, 0.2) is 52.2 Å². The number of amides is 1. The molecule has 8 nitrogen and oxygen atoms in total. The van der Waals surface area contributed by atoms with E-state index < -0.39 is 5.97 Å². The Morgan fingerprint density at radius 2 is 1.89 bits per heavy atom. The van der Waals surface area contributed by atoms with Crippen molar-refractivity contribution in [3.8, 4) is 0 Å². The summed E-state index contributed by atoms with van der Waals surface area (Å²) in [6.07, 6.45) is 2.81. The summed E-state index contributed by atoms with van der Waals surface area (Å²) in [5.41, 5.74) is 5.95. The average Bonchev–Trinajstić information content (AvgIpc) is 3.57. The second kappa shape index (κ2) is 10.9. The minimum atomic E-state index is -0.421. The number of rotatable bonds is 9. The number of esters is 1. The fourth-order valence-corrected chi connectivity index (χ4v) is 4.49. The zero-order valence-corrected chi connectivity index (χ0v) is 21.7. The van der Waals surface area contributed by atoms with Crippen LogP contribution in [0.3, 0.4) is 0 Å². The van der Waals surface area contributed by atoms with Crippen LogP contribution in [0.4, 0.5) is 0 Å². The third-order valence-electron chi connectivity index (χ3n) is 6.43. The van der Waals surface area contributed by atoms with Crippen LogP contribution in [-0.4, -0.2) is 39.0 Å². The minimum Gasteiger partial charge on any atom is -0.467 e. The predicted molar refractivity (Wildman–Crippen MR) is 136 cm³/mol. The van der Waals surface area contributed by atoms with Crippen LogP contribution >= 0.6 is 0 Å². The smallest absolute Gasteiger partial charge is 0.306 e. The predicted octanol–water partition coefficient (Wildman–Crippen LogP) is 4.91. The number of hydrazone groups is 1. The fourth-order valence-electron chi connectivity index (χ4n) is 4.49. The van der Waals surface area contributed by atoms with Gasteiger partial charge >= 0.3 is 5.97 Å². The third-order valence-corrected chi connectivity index (χ3v) is 6.43. The lowest BCUT2D eigenvalue weighted by molar-refractivity contribution is -0.152. The van der Waals surface area contributed by atoms with Crippen LogP contribution in [0.25, 0.3) is 0 Å². The molecule has 1 aliphatic heterocycles. The van der Waals surface area contributed by atoms with Gasteiger partial charge in [-0.1, -0.05) is 43.7 Å². The Bertz CT molecular complexity index is 1240. The Morgan fingerprint density at radius 1 is 1.14 bits per heavy atom. The first-order valence-electron chi connectivity index (χ1n) is 12.4. The maximum Gasteiger partial charge on any atom is 0.306 e. The van der Waals surface area contributed by atoms with Crippen molar-refractivity contribution < 1.29 is 18.7 Å². The largest absolute Gasteiger partial charge is 0.467 e. The van der Waals surface area contributed by atoms with Gasteiger partial charge in [0.25, 0.3) is 5.91 Å². The minimum absolute atomic E-state index is 0.182. The molecular formula is C28H34N4O4. The average molecular weight is 491 g/mol. The molecule has 3 heterocycles. The molecule has 0 bridgehead atoms. The lowest BCUT2D eigenvalue weighted by Crippen LogP contribution is -2.31. The van der Waals surface area contributed by atoms with E-state index in [9.17, 15) is 9.59 Å². The van der Waals surface area contributed by atoms with Gasteiger partial charge in [-0.25, -0.2) is 5.01 Å². The molecule has 1 unspecified atom stereocenters. The van der Waals surface area contributed by atoms with E-state index in [1.54, 1.807) is 12.3 Å². The fraction of sp³-hybridized carbons (Fsp3) is 0.429. The summed E-state index contributed by atoms with van der Waals surface area (Å²) in [6.45, 7) is 10.8. The van der Waals surface area contributed by atoms with Gasteiger partial charge in [-0.05, 0) is 56.4 Å². The molecule has 4 rings (SSSR count). The van der Waals surface area contributed by atoms with Gasteiger partial charge in [0.2, 0.25) is 0 Å². The SMILES string of the molecule is Cc1ccc(C2=NN(C(=O)COC(=O)CCc3c(C)nn(CC(C)C)c3C)C(c3ccco3)C2)cc1. The van der Waals surface area contributed by atoms with E-state index in [1.807, 2.05) is 55.8 Å². The van der Waals surface area contributed by atoms with Crippen molar-refractivity contribution in [3.63, 3.8) is 0 Å². The Kier molecular flexibility index (Phi) is 7.72. The molecule has 0 fully saturated rings. The van der Waals surface area contributed by atoms with Gasteiger partial charge in [-0.2, -0.15) is 10.2 Å². The summed E-state index contributed by atoms with van der Waals surface area (Å²) in [5.74, 6) is 0.320. The number of hydrogen-bond acceptors (Lipinski definition) is 6. The zero-order chi connectivity index (χ0) is 25.8. The van der Waals surface area contributed by atoms with Crippen molar-refractivity contribution in [2.24, 2.45) is 11.0 Å². The van der Waals surface area contributed by atoms with Crippen molar-refractivity contribution in [2.45, 2.75) is 66.5 Å². The first-order chi connectivity index (χ1) is 17.2. The van der Waals surface area contributed by atoms with Crippen molar-refractivity contribution >= 4 is 17.6 Å². The molecule has 190 valence electrons. The second-order valence-corrected chi connectivity index (χ2v) is 9.77. The first-order valence-corrected chi connectivity index (χ1v) is 12.4. The van der Waals surface area contributed by atoms with E-state index in [4.69, 9.17) is 9.15 Å². The summed E-state index contributed by atoms with van der Waals surface area (Å²) in [4.78, 5) is 25.6. The standard InChI is InChI=1S/C28H34N4O4/c1-18(2)16-31-21(5)23(20(4)29-31)12-13-28(34)36-17-27(33)32-25(26-7-6-14-35-26)15-24(30-32)22-10-8-19(3)9-11-22/h6-11,14,18,25H,12-13,15-17H2,1-5H3. The quantitative estimate of drug-likeness (QED) is 0.398. The third kappa shape index (κ3) is 5.75. The van der Waals surface area contributed by atoms with Crippen molar-refractivity contribution in [2.75, 3.05) is 6.61 Å². The number of aryl methyl sites for hydroxylation is 2. The molecule has 36 heavy (non-hydrogen) atoms. The summed E-state index contributed by atoms with van der Waals surface area (Å²) in [7, 11) is 0. The van der Waals surface area contributed by atoms with Gasteiger partial charge in [-0.3, -0.25) is 14.3 Å². The normalized spacial score (nSPS) is 15.4. The van der Waals surface area contributed by atoms with Crippen LogP contribution in [-0.2, 0) is 27.3 Å². The number of hydrogen-bond donors (Lipinski definition) is 0. The van der Waals surface area contributed by atoms with E-state index in [2.05, 4.69) is 24.0 Å². The van der Waals surface area contributed by atoms with E-state index >= 15 is 0 Å². The Balaban J connectivity index is 1.38. The topological polar surface area (TPSA) is 89.9 Å². The van der Waals surface area contributed by atoms with Crippen molar-refractivity contribution in [1.82, 2.24) is 14.8 Å². The van der Waals surface area contributed by atoms with Crippen molar-refractivity contribution in [1.29, 1.82) is 0 Å². The van der Waals surface area contributed by atoms with Gasteiger partial charge in [0, 0.05) is 25.1 Å². The highest BCUT2D eigenvalue weighted by atomic mass is 16.5. The molecule has 1 aromatic carbocycles.